The van der Waals surface area contributed by atoms with Gasteiger partial charge in [0.2, 0.25) is 0 Å². The van der Waals surface area contributed by atoms with Crippen LogP contribution in [0.1, 0.15) is 0 Å². The zero-order valence-corrected chi connectivity index (χ0v) is 27.0. The first-order valence-electron chi connectivity index (χ1n) is 17.1. The number of benzene rings is 9. The van der Waals surface area contributed by atoms with Crippen molar-refractivity contribution in [3.63, 3.8) is 0 Å². The normalized spacial score (nSPS) is 12.0. The Bertz CT molecular complexity index is 3090. The highest BCUT2D eigenvalue weighted by Gasteiger charge is 2.22. The smallest absolute Gasteiger partial charge is 0.143 e. The van der Waals surface area contributed by atoms with Crippen LogP contribution >= 0.6 is 0 Å². The van der Waals surface area contributed by atoms with E-state index in [1.54, 1.807) is 0 Å². The van der Waals surface area contributed by atoms with Crippen molar-refractivity contribution in [1.82, 2.24) is 0 Å². The fourth-order valence-electron chi connectivity index (χ4n) is 8.25. The molecule has 0 N–H and O–H groups in total. The number of rotatable bonds is 4. The average Bonchev–Trinajstić information content (AvgIpc) is 3.76. The molecule has 11 aromatic rings. The van der Waals surface area contributed by atoms with Crippen LogP contribution in [0.2, 0.25) is 0 Å². The molecule has 0 aliphatic rings. The molecule has 0 unspecified atom stereocenters. The van der Waals surface area contributed by atoms with Crippen molar-refractivity contribution in [3.05, 3.63) is 170 Å². The minimum Gasteiger partial charge on any atom is -0.456 e. The lowest BCUT2D eigenvalue weighted by atomic mass is 9.87. The third-order valence-electron chi connectivity index (χ3n) is 10.5. The van der Waals surface area contributed by atoms with Gasteiger partial charge < -0.3 is 8.83 Å². The number of para-hydroxylation sites is 2. The maximum absolute atomic E-state index is 6.77. The molecule has 0 radical (unpaired) electrons. The highest BCUT2D eigenvalue weighted by atomic mass is 16.3. The van der Waals surface area contributed by atoms with Crippen LogP contribution in [0.5, 0.6) is 0 Å². The maximum Gasteiger partial charge on any atom is 0.143 e. The lowest BCUT2D eigenvalue weighted by molar-refractivity contribution is 0.632. The van der Waals surface area contributed by atoms with Crippen LogP contribution in [-0.4, -0.2) is 0 Å². The van der Waals surface area contributed by atoms with E-state index in [1.807, 2.05) is 18.2 Å². The van der Waals surface area contributed by atoms with E-state index in [0.29, 0.717) is 0 Å². The Balaban J connectivity index is 1.14. The molecule has 50 heavy (non-hydrogen) atoms. The van der Waals surface area contributed by atoms with Gasteiger partial charge in [-0.2, -0.15) is 0 Å². The van der Waals surface area contributed by atoms with Crippen molar-refractivity contribution in [2.75, 3.05) is 0 Å². The summed E-state index contributed by atoms with van der Waals surface area (Å²) in [6.07, 6.45) is 0. The zero-order chi connectivity index (χ0) is 32.8. The predicted octanol–water partition coefficient (Wildman–Crippen LogP) is 13.9. The van der Waals surface area contributed by atoms with Crippen LogP contribution in [0.4, 0.5) is 0 Å². The summed E-state index contributed by atoms with van der Waals surface area (Å²) < 4.78 is 13.1. The van der Waals surface area contributed by atoms with Gasteiger partial charge in [-0.3, -0.25) is 0 Å². The molecule has 0 amide bonds. The van der Waals surface area contributed by atoms with E-state index in [9.17, 15) is 0 Å². The second kappa shape index (κ2) is 10.4. The number of fused-ring (bicyclic) bond motifs is 4. The van der Waals surface area contributed by atoms with Gasteiger partial charge >= 0.3 is 0 Å². The van der Waals surface area contributed by atoms with Crippen LogP contribution in [0.3, 0.4) is 0 Å². The van der Waals surface area contributed by atoms with Crippen LogP contribution in [0.25, 0.3) is 110 Å². The van der Waals surface area contributed by atoms with Gasteiger partial charge in [0.05, 0.1) is 0 Å². The Morgan fingerprint density at radius 1 is 0.300 bits per heavy atom. The molecular formula is C48H28O2. The molecule has 0 aliphatic heterocycles. The number of hydrogen-bond acceptors (Lipinski definition) is 2. The van der Waals surface area contributed by atoms with Crippen molar-refractivity contribution in [3.8, 4) is 44.7 Å². The molecule has 9 aromatic carbocycles. The van der Waals surface area contributed by atoms with Gasteiger partial charge in [-0.05, 0) is 84.4 Å². The minimum atomic E-state index is 0.857. The predicted molar refractivity (Wildman–Crippen MR) is 209 cm³/mol. The van der Waals surface area contributed by atoms with Crippen LogP contribution in [-0.2, 0) is 0 Å². The Hall–Kier alpha value is -6.64. The molecule has 0 aliphatic carbocycles. The van der Waals surface area contributed by atoms with E-state index in [0.717, 1.165) is 60.9 Å². The highest BCUT2D eigenvalue weighted by molar-refractivity contribution is 6.27. The van der Waals surface area contributed by atoms with Gasteiger partial charge in [0.15, 0.2) is 0 Å². The molecule has 0 bridgehead atoms. The summed E-state index contributed by atoms with van der Waals surface area (Å²) in [5.41, 5.74) is 10.7. The van der Waals surface area contributed by atoms with E-state index < -0.39 is 0 Å². The second-order valence-corrected chi connectivity index (χ2v) is 13.2. The number of hydrogen-bond donors (Lipinski definition) is 0. The first-order chi connectivity index (χ1) is 24.8. The Labute approximate surface area is 287 Å². The van der Waals surface area contributed by atoms with Crippen molar-refractivity contribution < 1.29 is 8.83 Å². The third-order valence-corrected chi connectivity index (χ3v) is 10.5. The van der Waals surface area contributed by atoms with Crippen molar-refractivity contribution in [2.45, 2.75) is 0 Å². The van der Waals surface area contributed by atoms with E-state index in [1.165, 1.54) is 49.0 Å². The van der Waals surface area contributed by atoms with Crippen LogP contribution < -0.4 is 0 Å². The summed E-state index contributed by atoms with van der Waals surface area (Å²) in [5, 5.41) is 11.0. The molecule has 0 saturated carbocycles. The van der Waals surface area contributed by atoms with Gasteiger partial charge in [0, 0.05) is 27.3 Å². The van der Waals surface area contributed by atoms with Crippen molar-refractivity contribution in [2.24, 2.45) is 0 Å². The fourth-order valence-corrected chi connectivity index (χ4v) is 8.25. The number of furan rings is 2. The minimum absolute atomic E-state index is 0.857. The second-order valence-electron chi connectivity index (χ2n) is 13.2. The lowest BCUT2D eigenvalue weighted by Gasteiger charge is -2.17. The maximum atomic E-state index is 6.77. The molecule has 0 atom stereocenters. The monoisotopic (exact) mass is 636 g/mol. The van der Waals surface area contributed by atoms with Crippen LogP contribution in [0.15, 0.2) is 179 Å². The molecule has 2 heteroatoms. The molecular weight excluding hydrogens is 609 g/mol. The summed E-state index contributed by atoms with van der Waals surface area (Å²) in [6, 6.07) is 60.7. The quantitative estimate of drug-likeness (QED) is 0.180. The zero-order valence-electron chi connectivity index (χ0n) is 27.0. The molecule has 0 fully saturated rings. The summed E-state index contributed by atoms with van der Waals surface area (Å²) in [7, 11) is 0. The van der Waals surface area contributed by atoms with Gasteiger partial charge in [-0.15, -0.1) is 0 Å². The van der Waals surface area contributed by atoms with E-state index in [4.69, 9.17) is 8.83 Å². The molecule has 2 heterocycles. The third kappa shape index (κ3) is 3.90. The average molecular weight is 637 g/mol. The largest absolute Gasteiger partial charge is 0.456 e. The first-order valence-corrected chi connectivity index (χ1v) is 17.1. The molecule has 2 nitrogen and oxygen atoms in total. The summed E-state index contributed by atoms with van der Waals surface area (Å²) in [4.78, 5) is 0. The van der Waals surface area contributed by atoms with Gasteiger partial charge in [-0.1, -0.05) is 146 Å². The van der Waals surface area contributed by atoms with E-state index >= 15 is 0 Å². The SMILES string of the molecule is c1ccc(-c2ccc3ccc4c(-c5cccc(-c6oc7ccccc7c6-c6cccc7oc8ccccc8c67)c5)ccc5ccc2c3c54)cc1. The van der Waals surface area contributed by atoms with Crippen molar-refractivity contribution in [1.29, 1.82) is 0 Å². The van der Waals surface area contributed by atoms with E-state index in [-0.39, 0.29) is 0 Å². The van der Waals surface area contributed by atoms with Gasteiger partial charge in [-0.25, -0.2) is 0 Å². The lowest BCUT2D eigenvalue weighted by Crippen LogP contribution is -1.90. The first kappa shape index (κ1) is 27.3. The Morgan fingerprint density at radius 2 is 0.860 bits per heavy atom. The highest BCUT2D eigenvalue weighted by Crippen LogP contribution is 2.47. The molecule has 2 aromatic heterocycles. The van der Waals surface area contributed by atoms with Gasteiger partial charge in [0.25, 0.3) is 0 Å². The molecule has 11 rings (SSSR count). The standard InChI is InChI=1S/C48H28O2/c1-2-10-29(11-3-1)34-24-20-30-23-27-37-35(25-21-31-22-26-36(34)44(30)45(31)37)32-12-8-13-33(28-32)48-47(39-15-5-7-18-42(39)50-48)40-16-9-19-43-46(40)38-14-4-6-17-41(38)49-43/h1-28H. The van der Waals surface area contributed by atoms with Gasteiger partial charge in [0.1, 0.15) is 22.5 Å². The Kier molecular flexibility index (Phi) is 5.70. The molecule has 232 valence electrons. The fraction of sp³-hybridized carbons (Fsp3) is 0. The summed E-state index contributed by atoms with van der Waals surface area (Å²) in [6.45, 7) is 0. The van der Waals surface area contributed by atoms with Crippen LogP contribution in [0, 0.1) is 0 Å². The van der Waals surface area contributed by atoms with E-state index in [2.05, 4.69) is 152 Å². The van der Waals surface area contributed by atoms with Crippen molar-refractivity contribution >= 4 is 65.2 Å². The summed E-state index contributed by atoms with van der Waals surface area (Å²) in [5.74, 6) is 0.857. The molecule has 0 saturated heterocycles. The molecule has 0 spiro atoms. The topological polar surface area (TPSA) is 26.3 Å². The Morgan fingerprint density at radius 3 is 1.62 bits per heavy atom. The summed E-state index contributed by atoms with van der Waals surface area (Å²) >= 11 is 0.